The topological polar surface area (TPSA) is 38.7 Å². The molecule has 1 saturated heterocycles. The number of aliphatic hydroxyl groups is 1. The molecule has 1 aliphatic rings. The highest BCUT2D eigenvalue weighted by molar-refractivity contribution is 6.99. The maximum Gasteiger partial charge on any atom is 0.261 e. The molecule has 198 valence electrons. The van der Waals surface area contributed by atoms with E-state index in [1.165, 1.54) is 16.4 Å². The van der Waals surface area contributed by atoms with Gasteiger partial charge in [-0.3, -0.25) is 0 Å². The molecule has 2 aromatic carbocycles. The zero-order valence-corrected chi connectivity index (χ0v) is 25.5. The second kappa shape index (κ2) is 12.4. The summed E-state index contributed by atoms with van der Waals surface area (Å²) in [4.78, 5) is 0. The van der Waals surface area contributed by atoms with Gasteiger partial charge in [-0.15, -0.1) is 0 Å². The summed E-state index contributed by atoms with van der Waals surface area (Å²) in [6.07, 6.45) is 7.41. The molecular formula is C31H48O3Si2. The highest BCUT2D eigenvalue weighted by Crippen LogP contribution is 2.40. The normalized spacial score (nSPS) is 22.3. The van der Waals surface area contributed by atoms with Gasteiger partial charge in [-0.1, -0.05) is 120 Å². The van der Waals surface area contributed by atoms with Crippen molar-refractivity contribution in [2.24, 2.45) is 5.92 Å². The van der Waals surface area contributed by atoms with E-state index in [0.717, 1.165) is 25.7 Å². The van der Waals surface area contributed by atoms with Crippen LogP contribution < -0.4 is 10.4 Å². The Labute approximate surface area is 222 Å². The molecule has 36 heavy (non-hydrogen) atoms. The molecule has 0 spiro atoms. The first-order chi connectivity index (χ1) is 17.0. The van der Waals surface area contributed by atoms with Crippen LogP contribution in [0.1, 0.15) is 53.4 Å². The summed E-state index contributed by atoms with van der Waals surface area (Å²) in [5.74, 6) is 0.156. The maximum atomic E-state index is 10.8. The molecule has 0 bridgehead atoms. The molecule has 3 rings (SSSR count). The summed E-state index contributed by atoms with van der Waals surface area (Å²) in [7, 11) is -3.72. The Morgan fingerprint density at radius 2 is 1.53 bits per heavy atom. The Bertz CT molecular complexity index is 908. The van der Waals surface area contributed by atoms with Crippen molar-refractivity contribution in [2.75, 3.05) is 0 Å². The molecule has 0 radical (unpaired) electrons. The second-order valence-corrected chi connectivity index (χ2v) is 22.4. The quantitative estimate of drug-likeness (QED) is 0.261. The molecule has 1 N–H and O–H groups in total. The van der Waals surface area contributed by atoms with Crippen LogP contribution >= 0.6 is 0 Å². The van der Waals surface area contributed by atoms with Gasteiger partial charge in [0.2, 0.25) is 0 Å². The van der Waals surface area contributed by atoms with E-state index in [2.05, 4.69) is 120 Å². The fraction of sp³-hybridized carbons (Fsp3) is 0.548. The number of allylic oxidation sites excluding steroid dienone is 2. The van der Waals surface area contributed by atoms with Gasteiger partial charge in [-0.05, 0) is 47.1 Å². The minimum Gasteiger partial charge on any atom is -0.402 e. The lowest BCUT2D eigenvalue weighted by molar-refractivity contribution is -0.130. The molecule has 0 aromatic heterocycles. The third kappa shape index (κ3) is 7.07. The van der Waals surface area contributed by atoms with E-state index in [1.54, 1.807) is 0 Å². The molecule has 0 amide bonds. The van der Waals surface area contributed by atoms with Crippen LogP contribution in [0.15, 0.2) is 72.8 Å². The van der Waals surface area contributed by atoms with E-state index in [0.29, 0.717) is 0 Å². The number of ether oxygens (including phenoxy) is 1. The lowest BCUT2D eigenvalue weighted by Gasteiger charge is -2.46. The predicted octanol–water partition coefficient (Wildman–Crippen LogP) is 6.74. The van der Waals surface area contributed by atoms with Gasteiger partial charge in [0.25, 0.3) is 8.32 Å². The van der Waals surface area contributed by atoms with E-state index in [1.807, 2.05) is 0 Å². The first kappa shape index (κ1) is 29.1. The smallest absolute Gasteiger partial charge is 0.261 e. The standard InChI is InChI=1S/C31H48O3Si2/c1-8-28(29-24-25(30(32)33-29)18-12-11-17-23-35(5,6)7)34-36(31(2,3)4,26-19-13-9-14-20-26)27-21-15-10-16-22-27/h9-11,13-17,19-22,25,28-30,32H,8,12,18,23-24H2,1-7H3/b17-11-/t25-,28-,29+,30?/m0/s1. The summed E-state index contributed by atoms with van der Waals surface area (Å²) in [5.41, 5.74) is 0. The van der Waals surface area contributed by atoms with Gasteiger partial charge in [0.15, 0.2) is 6.29 Å². The van der Waals surface area contributed by atoms with E-state index in [4.69, 9.17) is 9.16 Å². The molecule has 1 fully saturated rings. The average molecular weight is 525 g/mol. The van der Waals surface area contributed by atoms with Crippen molar-refractivity contribution in [3.05, 3.63) is 72.8 Å². The van der Waals surface area contributed by atoms with Gasteiger partial charge in [0.05, 0.1) is 12.2 Å². The van der Waals surface area contributed by atoms with Crippen LogP contribution in [-0.2, 0) is 9.16 Å². The van der Waals surface area contributed by atoms with Crippen LogP contribution in [0.2, 0.25) is 30.7 Å². The van der Waals surface area contributed by atoms with Crippen LogP contribution in [0.4, 0.5) is 0 Å². The van der Waals surface area contributed by atoms with Crippen LogP contribution in [-0.4, -0.2) is 40.0 Å². The number of rotatable bonds is 11. The third-order valence-corrected chi connectivity index (χ3v) is 13.9. The zero-order chi connectivity index (χ0) is 26.4. The lowest BCUT2D eigenvalue weighted by Crippen LogP contribution is -2.68. The largest absolute Gasteiger partial charge is 0.402 e. The third-order valence-electron chi connectivity index (χ3n) is 7.42. The SMILES string of the molecule is CC[C@H](O[Si](c1ccccc1)(c1ccccc1)C(C)(C)C)[C@H]1C[C@H](CC/C=C\C[Si](C)(C)C)C(O)O1. The Hall–Kier alpha value is -1.51. The Balaban J connectivity index is 1.83. The summed E-state index contributed by atoms with van der Waals surface area (Å²) in [5, 5.41) is 13.3. The van der Waals surface area contributed by atoms with Crippen molar-refractivity contribution < 1.29 is 14.3 Å². The first-order valence-corrected chi connectivity index (χ1v) is 19.4. The minimum atomic E-state index is -2.67. The molecule has 3 nitrogen and oxygen atoms in total. The number of aliphatic hydroxyl groups excluding tert-OH is 1. The molecule has 0 saturated carbocycles. The van der Waals surface area contributed by atoms with Crippen LogP contribution in [0.5, 0.6) is 0 Å². The van der Waals surface area contributed by atoms with E-state index >= 15 is 0 Å². The summed E-state index contributed by atoms with van der Waals surface area (Å²) in [6, 6.07) is 22.8. The Morgan fingerprint density at radius 1 is 0.972 bits per heavy atom. The van der Waals surface area contributed by atoms with Gasteiger partial charge in [0.1, 0.15) is 0 Å². The van der Waals surface area contributed by atoms with Crippen molar-refractivity contribution in [2.45, 2.75) is 103 Å². The van der Waals surface area contributed by atoms with Crippen molar-refractivity contribution >= 4 is 26.8 Å². The Morgan fingerprint density at radius 3 is 2.00 bits per heavy atom. The van der Waals surface area contributed by atoms with Gasteiger partial charge >= 0.3 is 0 Å². The van der Waals surface area contributed by atoms with E-state index in [9.17, 15) is 5.11 Å². The molecule has 5 heteroatoms. The van der Waals surface area contributed by atoms with Crippen molar-refractivity contribution in [3.63, 3.8) is 0 Å². The highest BCUT2D eigenvalue weighted by Gasteiger charge is 2.53. The van der Waals surface area contributed by atoms with E-state index in [-0.39, 0.29) is 23.2 Å². The summed E-state index contributed by atoms with van der Waals surface area (Å²) in [6.45, 7) is 16.3. The molecule has 0 aliphatic carbocycles. The van der Waals surface area contributed by atoms with Crippen LogP contribution in [0, 0.1) is 5.92 Å². The van der Waals surface area contributed by atoms with Crippen molar-refractivity contribution in [1.29, 1.82) is 0 Å². The summed E-state index contributed by atoms with van der Waals surface area (Å²) < 4.78 is 13.6. The first-order valence-electron chi connectivity index (χ1n) is 13.8. The van der Waals surface area contributed by atoms with Crippen LogP contribution in [0.25, 0.3) is 0 Å². The van der Waals surface area contributed by atoms with Gasteiger partial charge in [-0.2, -0.15) is 0 Å². The molecule has 2 aromatic rings. The fourth-order valence-corrected chi connectivity index (χ4v) is 11.1. The van der Waals surface area contributed by atoms with Gasteiger partial charge < -0.3 is 14.3 Å². The fourth-order valence-electron chi connectivity index (χ4n) is 5.47. The zero-order valence-electron chi connectivity index (χ0n) is 23.5. The van der Waals surface area contributed by atoms with E-state index < -0.39 is 22.7 Å². The lowest BCUT2D eigenvalue weighted by atomic mass is 9.96. The maximum absolute atomic E-state index is 10.8. The number of hydrogen-bond donors (Lipinski definition) is 1. The van der Waals surface area contributed by atoms with Gasteiger partial charge in [-0.25, -0.2) is 0 Å². The second-order valence-electron chi connectivity index (χ2n) is 12.6. The highest BCUT2D eigenvalue weighted by atomic mass is 28.4. The van der Waals surface area contributed by atoms with Crippen LogP contribution in [0.3, 0.4) is 0 Å². The molecule has 1 unspecified atom stereocenters. The van der Waals surface area contributed by atoms with Crippen molar-refractivity contribution in [3.8, 4) is 0 Å². The Kier molecular flexibility index (Phi) is 9.97. The average Bonchev–Trinajstić information content (AvgIpc) is 3.19. The van der Waals surface area contributed by atoms with Crippen molar-refractivity contribution in [1.82, 2.24) is 0 Å². The number of hydrogen-bond acceptors (Lipinski definition) is 3. The summed E-state index contributed by atoms with van der Waals surface area (Å²) >= 11 is 0. The van der Waals surface area contributed by atoms with Gasteiger partial charge in [0, 0.05) is 14.0 Å². The monoisotopic (exact) mass is 524 g/mol. The minimum absolute atomic E-state index is 0.0709. The molecule has 1 aliphatic heterocycles. The number of benzene rings is 2. The molecular weight excluding hydrogens is 477 g/mol. The molecule has 1 heterocycles. The predicted molar refractivity (Wildman–Crippen MR) is 158 cm³/mol. The molecule has 4 atom stereocenters.